The molecule has 28 heavy (non-hydrogen) atoms. The Kier molecular flexibility index (Phi) is 6.34. The molecule has 1 unspecified atom stereocenters. The molecule has 2 aromatic carbocycles. The fourth-order valence-corrected chi connectivity index (χ4v) is 5.00. The molecule has 2 N–H and O–H groups in total. The fraction of sp³-hybridized carbons (Fsp3) is 0.263. The molecule has 0 bridgehead atoms. The second-order valence-corrected chi connectivity index (χ2v) is 9.08. The number of hydrogen-bond acceptors (Lipinski definition) is 5. The molecule has 2 aromatic rings. The molecular formula is C19H18FN3O3S2. The van der Waals surface area contributed by atoms with Crippen molar-refractivity contribution in [3.63, 3.8) is 0 Å². The third-order valence-electron chi connectivity index (χ3n) is 4.27. The largest absolute Gasteiger partial charge is 0.345 e. The van der Waals surface area contributed by atoms with E-state index >= 15 is 0 Å². The number of hydrogen-bond donors (Lipinski definition) is 2. The number of nitrogens with one attached hydrogen (secondary N) is 2. The van der Waals surface area contributed by atoms with Crippen LogP contribution in [-0.2, 0) is 10.0 Å². The third kappa shape index (κ3) is 4.70. The lowest BCUT2D eigenvalue weighted by Crippen LogP contribution is -2.31. The van der Waals surface area contributed by atoms with Crippen molar-refractivity contribution in [2.75, 3.05) is 12.3 Å². The molecule has 1 aliphatic heterocycles. The number of carbonyl (C=O) groups is 1. The molecule has 0 saturated carbocycles. The number of rotatable bonds is 6. The van der Waals surface area contributed by atoms with Crippen LogP contribution in [0.5, 0.6) is 0 Å². The molecule has 0 radical (unpaired) electrons. The molecule has 0 fully saturated rings. The lowest BCUT2D eigenvalue weighted by molar-refractivity contribution is 0.0934. The fourth-order valence-electron chi connectivity index (χ4n) is 2.87. The van der Waals surface area contributed by atoms with Gasteiger partial charge in [0.25, 0.3) is 5.91 Å². The number of benzene rings is 2. The van der Waals surface area contributed by atoms with Gasteiger partial charge in [0.05, 0.1) is 17.0 Å². The van der Waals surface area contributed by atoms with Crippen molar-refractivity contribution >= 4 is 27.7 Å². The Morgan fingerprint density at radius 3 is 2.71 bits per heavy atom. The number of nitriles is 1. The minimum atomic E-state index is -3.72. The second-order valence-electron chi connectivity index (χ2n) is 6.18. The molecule has 1 amide bonds. The molecular weight excluding hydrogens is 401 g/mol. The molecule has 6 nitrogen and oxygen atoms in total. The van der Waals surface area contributed by atoms with Gasteiger partial charge in [-0.1, -0.05) is 0 Å². The summed E-state index contributed by atoms with van der Waals surface area (Å²) < 4.78 is 40.1. The topological polar surface area (TPSA) is 99.1 Å². The summed E-state index contributed by atoms with van der Waals surface area (Å²) in [6, 6.07) is 11.7. The monoisotopic (exact) mass is 419 g/mol. The highest BCUT2D eigenvalue weighted by Gasteiger charge is 2.23. The number of fused-ring (bicyclic) bond motifs is 1. The summed E-state index contributed by atoms with van der Waals surface area (Å²) in [5, 5.41) is 11.4. The summed E-state index contributed by atoms with van der Waals surface area (Å²) in [7, 11) is -3.72. The summed E-state index contributed by atoms with van der Waals surface area (Å²) in [5.74, 6) is 0.113. The van der Waals surface area contributed by atoms with Gasteiger partial charge in [-0.3, -0.25) is 4.79 Å². The maximum absolute atomic E-state index is 13.6. The highest BCUT2D eigenvalue weighted by molar-refractivity contribution is 7.99. The first kappa shape index (κ1) is 20.3. The number of thioether (sulfide) groups is 1. The van der Waals surface area contributed by atoms with Gasteiger partial charge in [0.15, 0.2) is 0 Å². The van der Waals surface area contributed by atoms with Gasteiger partial charge in [0.1, 0.15) is 5.82 Å². The lowest BCUT2D eigenvalue weighted by atomic mass is 10.0. The van der Waals surface area contributed by atoms with Crippen molar-refractivity contribution in [2.24, 2.45) is 0 Å². The highest BCUT2D eigenvalue weighted by atomic mass is 32.2. The SMILES string of the molecule is N#CCCNS(=O)(=O)c1ccc(C(=O)NC2CCSc3ccc(F)cc32)cc1. The van der Waals surface area contributed by atoms with Crippen molar-refractivity contribution in [3.05, 3.63) is 59.4 Å². The van der Waals surface area contributed by atoms with Gasteiger partial charge < -0.3 is 5.32 Å². The Labute approximate surface area is 167 Å². The van der Waals surface area contributed by atoms with E-state index in [0.717, 1.165) is 16.2 Å². The van der Waals surface area contributed by atoms with Gasteiger partial charge in [0.2, 0.25) is 10.0 Å². The number of halogens is 1. The van der Waals surface area contributed by atoms with Crippen LogP contribution in [0.15, 0.2) is 52.3 Å². The van der Waals surface area contributed by atoms with Crippen LogP contribution in [0.1, 0.15) is 34.8 Å². The first-order chi connectivity index (χ1) is 13.4. The van der Waals surface area contributed by atoms with Crippen molar-refractivity contribution in [3.8, 4) is 6.07 Å². The van der Waals surface area contributed by atoms with Crippen LogP contribution in [0.2, 0.25) is 0 Å². The zero-order valence-electron chi connectivity index (χ0n) is 14.8. The van der Waals surface area contributed by atoms with Crippen LogP contribution in [-0.4, -0.2) is 26.6 Å². The van der Waals surface area contributed by atoms with E-state index in [9.17, 15) is 17.6 Å². The maximum atomic E-state index is 13.6. The van der Waals surface area contributed by atoms with E-state index in [1.165, 1.54) is 36.4 Å². The van der Waals surface area contributed by atoms with Gasteiger partial charge in [-0.05, 0) is 54.4 Å². The van der Waals surface area contributed by atoms with E-state index in [1.54, 1.807) is 17.8 Å². The van der Waals surface area contributed by atoms with Gasteiger partial charge in [-0.2, -0.15) is 5.26 Å². The predicted octanol–water partition coefficient (Wildman–Crippen LogP) is 2.98. The van der Waals surface area contributed by atoms with E-state index in [-0.39, 0.29) is 35.6 Å². The maximum Gasteiger partial charge on any atom is 0.251 e. The first-order valence-electron chi connectivity index (χ1n) is 8.60. The second kappa shape index (κ2) is 8.73. The van der Waals surface area contributed by atoms with E-state index in [0.29, 0.717) is 12.0 Å². The quantitative estimate of drug-likeness (QED) is 0.702. The average molecular weight is 420 g/mol. The van der Waals surface area contributed by atoms with E-state index in [2.05, 4.69) is 10.0 Å². The standard InChI is InChI=1S/C19H18FN3O3S2/c20-14-4-7-18-16(12-14)17(8-11-27-18)23-19(24)13-2-5-15(6-3-13)28(25,26)22-10-1-9-21/h2-7,12,17,22H,1,8,10-11H2,(H,23,24). The zero-order valence-corrected chi connectivity index (χ0v) is 16.4. The minimum Gasteiger partial charge on any atom is -0.345 e. The van der Waals surface area contributed by atoms with Crippen LogP contribution >= 0.6 is 11.8 Å². The Morgan fingerprint density at radius 1 is 1.25 bits per heavy atom. The Bertz CT molecular complexity index is 1020. The normalized spacial score (nSPS) is 16.1. The van der Waals surface area contributed by atoms with Crippen molar-refractivity contribution in [1.82, 2.24) is 10.0 Å². The molecule has 1 aliphatic rings. The third-order valence-corrected chi connectivity index (χ3v) is 6.87. The van der Waals surface area contributed by atoms with Crippen LogP contribution in [0.3, 0.4) is 0 Å². The highest BCUT2D eigenvalue weighted by Crippen LogP contribution is 2.36. The van der Waals surface area contributed by atoms with Crippen LogP contribution in [0, 0.1) is 17.1 Å². The number of carbonyl (C=O) groups excluding carboxylic acids is 1. The predicted molar refractivity (Wildman–Crippen MR) is 104 cm³/mol. The van der Waals surface area contributed by atoms with E-state index in [4.69, 9.17) is 5.26 Å². The Morgan fingerprint density at radius 2 is 2.00 bits per heavy atom. The van der Waals surface area contributed by atoms with Crippen molar-refractivity contribution < 1.29 is 17.6 Å². The summed E-state index contributed by atoms with van der Waals surface area (Å²) in [6.07, 6.45) is 0.754. The molecule has 1 heterocycles. The summed E-state index contributed by atoms with van der Waals surface area (Å²) in [5.41, 5.74) is 1.07. The van der Waals surface area contributed by atoms with Crippen LogP contribution in [0.4, 0.5) is 4.39 Å². The summed E-state index contributed by atoms with van der Waals surface area (Å²) in [4.78, 5) is 13.5. The number of nitrogens with zero attached hydrogens (tertiary/aromatic N) is 1. The summed E-state index contributed by atoms with van der Waals surface area (Å²) >= 11 is 1.63. The van der Waals surface area contributed by atoms with E-state index < -0.39 is 10.0 Å². The van der Waals surface area contributed by atoms with Gasteiger partial charge >= 0.3 is 0 Å². The zero-order chi connectivity index (χ0) is 20.1. The van der Waals surface area contributed by atoms with Crippen molar-refractivity contribution in [1.29, 1.82) is 5.26 Å². The first-order valence-corrected chi connectivity index (χ1v) is 11.1. The van der Waals surface area contributed by atoms with Gasteiger partial charge in [-0.15, -0.1) is 11.8 Å². The van der Waals surface area contributed by atoms with Crippen LogP contribution < -0.4 is 10.0 Å². The minimum absolute atomic E-state index is 0.0171. The molecule has 146 valence electrons. The number of amides is 1. The van der Waals surface area contributed by atoms with Crippen molar-refractivity contribution in [2.45, 2.75) is 28.7 Å². The molecule has 0 spiro atoms. The Balaban J connectivity index is 1.71. The lowest BCUT2D eigenvalue weighted by Gasteiger charge is -2.26. The molecule has 3 rings (SSSR count). The molecule has 1 atom stereocenters. The van der Waals surface area contributed by atoms with Gasteiger partial charge in [-0.25, -0.2) is 17.5 Å². The summed E-state index contributed by atoms with van der Waals surface area (Å²) in [6.45, 7) is 0.0245. The average Bonchev–Trinajstić information content (AvgIpc) is 2.68. The smallest absolute Gasteiger partial charge is 0.251 e. The number of sulfonamides is 1. The van der Waals surface area contributed by atoms with Gasteiger partial charge in [0, 0.05) is 29.2 Å². The van der Waals surface area contributed by atoms with Crippen LogP contribution in [0.25, 0.3) is 0 Å². The molecule has 0 aromatic heterocycles. The molecule has 0 aliphatic carbocycles. The van der Waals surface area contributed by atoms with E-state index in [1.807, 2.05) is 6.07 Å². The molecule has 9 heteroatoms. The molecule has 0 saturated heterocycles. The Hall–Kier alpha value is -2.41.